The van der Waals surface area contributed by atoms with Crippen LogP contribution in [0.15, 0.2) is 0 Å². The van der Waals surface area contributed by atoms with E-state index in [0.29, 0.717) is 30.1 Å². The predicted octanol–water partition coefficient (Wildman–Crippen LogP) is 2.20. The van der Waals surface area contributed by atoms with Gasteiger partial charge in [0.1, 0.15) is 0 Å². The molecule has 2 saturated heterocycles. The van der Waals surface area contributed by atoms with E-state index in [1.165, 1.54) is 12.8 Å². The smallest absolute Gasteiger partial charge is 0.0612 e. The summed E-state index contributed by atoms with van der Waals surface area (Å²) in [4.78, 5) is 0. The van der Waals surface area contributed by atoms with Crippen molar-refractivity contribution in [1.29, 1.82) is 0 Å². The molecule has 0 spiro atoms. The largest absolute Gasteiger partial charge is 0.378 e. The predicted molar refractivity (Wildman–Crippen MR) is 69.1 cm³/mol. The molecule has 2 fully saturated rings. The Bertz CT molecular complexity index is 232. The van der Waals surface area contributed by atoms with Crippen molar-refractivity contribution in [3.05, 3.63) is 0 Å². The highest BCUT2D eigenvalue weighted by Gasteiger charge is 2.28. The van der Waals surface area contributed by atoms with Gasteiger partial charge in [-0.05, 0) is 38.0 Å². The van der Waals surface area contributed by atoms with Crippen LogP contribution in [0, 0.1) is 11.8 Å². The molecule has 4 atom stereocenters. The van der Waals surface area contributed by atoms with Gasteiger partial charge in [-0.1, -0.05) is 13.8 Å². The number of nitrogens with one attached hydrogen (secondary N) is 1. The van der Waals surface area contributed by atoms with E-state index in [1.807, 2.05) is 0 Å². The molecule has 2 aliphatic heterocycles. The van der Waals surface area contributed by atoms with Gasteiger partial charge in [0.25, 0.3) is 0 Å². The van der Waals surface area contributed by atoms with E-state index in [-0.39, 0.29) is 0 Å². The highest BCUT2D eigenvalue weighted by atomic mass is 16.5. The van der Waals surface area contributed by atoms with Crippen molar-refractivity contribution in [2.75, 3.05) is 19.8 Å². The van der Waals surface area contributed by atoms with Gasteiger partial charge in [-0.2, -0.15) is 0 Å². The summed E-state index contributed by atoms with van der Waals surface area (Å²) >= 11 is 0. The van der Waals surface area contributed by atoms with Gasteiger partial charge in [0.15, 0.2) is 0 Å². The molecular formula is C14H27NO2. The molecule has 3 nitrogen and oxygen atoms in total. The van der Waals surface area contributed by atoms with Crippen molar-refractivity contribution in [3.8, 4) is 0 Å². The molecule has 17 heavy (non-hydrogen) atoms. The van der Waals surface area contributed by atoms with Gasteiger partial charge in [-0.25, -0.2) is 0 Å². The van der Waals surface area contributed by atoms with Crippen LogP contribution >= 0.6 is 0 Å². The van der Waals surface area contributed by atoms with Crippen LogP contribution in [0.25, 0.3) is 0 Å². The Morgan fingerprint density at radius 1 is 1.18 bits per heavy atom. The average molecular weight is 241 g/mol. The monoisotopic (exact) mass is 241 g/mol. The third-order valence-corrected chi connectivity index (χ3v) is 4.26. The Labute approximate surface area is 105 Å². The lowest BCUT2D eigenvalue weighted by atomic mass is 9.94. The van der Waals surface area contributed by atoms with E-state index in [1.54, 1.807) is 0 Å². The molecule has 100 valence electrons. The topological polar surface area (TPSA) is 30.5 Å². The Balaban J connectivity index is 1.71. The maximum absolute atomic E-state index is 5.80. The minimum atomic E-state index is 0.434. The van der Waals surface area contributed by atoms with E-state index in [2.05, 4.69) is 26.1 Å². The lowest BCUT2D eigenvalue weighted by molar-refractivity contribution is -0.0251. The van der Waals surface area contributed by atoms with Crippen molar-refractivity contribution in [2.45, 2.75) is 58.3 Å². The molecule has 4 unspecified atom stereocenters. The van der Waals surface area contributed by atoms with Crippen molar-refractivity contribution in [1.82, 2.24) is 5.32 Å². The van der Waals surface area contributed by atoms with E-state index < -0.39 is 0 Å². The molecule has 0 aromatic rings. The number of hydrogen-bond donors (Lipinski definition) is 1. The standard InChI is InChI=1S/C14H27NO2/c1-10(2)14-8-13(5-7-17-14)15-9-12-4-6-16-11(12)3/h10-15H,4-9H2,1-3H3. The zero-order valence-electron chi connectivity index (χ0n) is 11.4. The first-order valence-electron chi connectivity index (χ1n) is 7.13. The Hall–Kier alpha value is -0.120. The first-order valence-corrected chi connectivity index (χ1v) is 7.13. The maximum Gasteiger partial charge on any atom is 0.0612 e. The molecule has 0 saturated carbocycles. The van der Waals surface area contributed by atoms with Crippen molar-refractivity contribution in [2.24, 2.45) is 11.8 Å². The van der Waals surface area contributed by atoms with Gasteiger partial charge < -0.3 is 14.8 Å². The SMILES string of the molecule is CC(C)C1CC(NCC2CCOC2C)CCO1. The van der Waals surface area contributed by atoms with E-state index in [0.717, 1.165) is 26.2 Å². The van der Waals surface area contributed by atoms with Gasteiger partial charge in [-0.3, -0.25) is 0 Å². The van der Waals surface area contributed by atoms with Crippen LogP contribution in [0.3, 0.4) is 0 Å². The van der Waals surface area contributed by atoms with Gasteiger partial charge in [0.2, 0.25) is 0 Å². The van der Waals surface area contributed by atoms with Crippen LogP contribution in [0.1, 0.15) is 40.0 Å². The lowest BCUT2D eigenvalue weighted by Gasteiger charge is -2.33. The molecule has 0 aliphatic carbocycles. The van der Waals surface area contributed by atoms with Crippen LogP contribution in [-0.2, 0) is 9.47 Å². The summed E-state index contributed by atoms with van der Waals surface area (Å²) in [5.74, 6) is 1.34. The van der Waals surface area contributed by atoms with Crippen molar-refractivity contribution < 1.29 is 9.47 Å². The molecule has 0 bridgehead atoms. The highest BCUT2D eigenvalue weighted by molar-refractivity contribution is 4.81. The summed E-state index contributed by atoms with van der Waals surface area (Å²) in [6.07, 6.45) is 4.41. The molecule has 0 aromatic carbocycles. The fourth-order valence-electron chi connectivity index (χ4n) is 2.84. The summed E-state index contributed by atoms with van der Waals surface area (Å²) in [7, 11) is 0. The van der Waals surface area contributed by atoms with Gasteiger partial charge in [0.05, 0.1) is 12.2 Å². The second-order valence-corrected chi connectivity index (χ2v) is 5.91. The molecular weight excluding hydrogens is 214 g/mol. The Kier molecular flexibility index (Phi) is 4.83. The number of rotatable bonds is 4. The van der Waals surface area contributed by atoms with Crippen LogP contribution in [-0.4, -0.2) is 38.0 Å². The van der Waals surface area contributed by atoms with Crippen LogP contribution < -0.4 is 5.32 Å². The van der Waals surface area contributed by atoms with Crippen LogP contribution in [0.5, 0.6) is 0 Å². The fraction of sp³-hybridized carbons (Fsp3) is 1.00. The minimum Gasteiger partial charge on any atom is -0.378 e. The van der Waals surface area contributed by atoms with E-state index in [9.17, 15) is 0 Å². The molecule has 2 aliphatic rings. The highest BCUT2D eigenvalue weighted by Crippen LogP contribution is 2.22. The summed E-state index contributed by atoms with van der Waals surface area (Å²) < 4.78 is 11.4. The lowest BCUT2D eigenvalue weighted by Crippen LogP contribution is -2.43. The van der Waals surface area contributed by atoms with E-state index in [4.69, 9.17) is 9.47 Å². The number of ether oxygens (including phenoxy) is 2. The maximum atomic E-state index is 5.80. The number of hydrogen-bond acceptors (Lipinski definition) is 3. The second kappa shape index (κ2) is 6.17. The molecule has 0 amide bonds. The molecule has 2 heterocycles. The van der Waals surface area contributed by atoms with E-state index >= 15 is 0 Å². The molecule has 0 aromatic heterocycles. The Morgan fingerprint density at radius 3 is 2.59 bits per heavy atom. The van der Waals surface area contributed by atoms with Gasteiger partial charge >= 0.3 is 0 Å². The fourth-order valence-corrected chi connectivity index (χ4v) is 2.84. The third-order valence-electron chi connectivity index (χ3n) is 4.26. The average Bonchev–Trinajstić information content (AvgIpc) is 2.72. The van der Waals surface area contributed by atoms with Gasteiger partial charge in [-0.15, -0.1) is 0 Å². The molecule has 2 rings (SSSR count). The summed E-state index contributed by atoms with van der Waals surface area (Å²) in [6, 6.07) is 0.643. The molecule has 1 N–H and O–H groups in total. The zero-order valence-corrected chi connectivity index (χ0v) is 11.4. The van der Waals surface area contributed by atoms with Crippen molar-refractivity contribution in [3.63, 3.8) is 0 Å². The normalized spacial score (nSPS) is 38.8. The van der Waals surface area contributed by atoms with Crippen LogP contribution in [0.4, 0.5) is 0 Å². The van der Waals surface area contributed by atoms with Crippen molar-refractivity contribution >= 4 is 0 Å². The second-order valence-electron chi connectivity index (χ2n) is 5.91. The molecule has 0 radical (unpaired) electrons. The Morgan fingerprint density at radius 2 is 1.94 bits per heavy atom. The van der Waals surface area contributed by atoms with Crippen LogP contribution in [0.2, 0.25) is 0 Å². The zero-order chi connectivity index (χ0) is 12.3. The van der Waals surface area contributed by atoms with Gasteiger partial charge in [0, 0.05) is 25.8 Å². The summed E-state index contributed by atoms with van der Waals surface area (Å²) in [6.45, 7) is 9.66. The third kappa shape index (κ3) is 3.67. The molecule has 3 heteroatoms. The summed E-state index contributed by atoms with van der Waals surface area (Å²) in [5.41, 5.74) is 0. The summed E-state index contributed by atoms with van der Waals surface area (Å²) in [5, 5.41) is 3.72. The first kappa shape index (κ1) is 13.3. The minimum absolute atomic E-state index is 0.434. The first-order chi connectivity index (χ1) is 8.16. The quantitative estimate of drug-likeness (QED) is 0.818.